The summed E-state index contributed by atoms with van der Waals surface area (Å²) in [5, 5.41) is 8.87. The number of nitrogens with one attached hydrogen (secondary N) is 1. The van der Waals surface area contributed by atoms with Gasteiger partial charge in [0.1, 0.15) is 0 Å². The van der Waals surface area contributed by atoms with Gasteiger partial charge in [-0.3, -0.25) is 4.68 Å². The van der Waals surface area contributed by atoms with E-state index in [4.69, 9.17) is 0 Å². The molecule has 1 unspecified atom stereocenters. The van der Waals surface area contributed by atoms with E-state index in [1.165, 1.54) is 10.4 Å². The Hall–Kier alpha value is -1.20. The summed E-state index contributed by atoms with van der Waals surface area (Å²) in [7, 11) is 1.96. The molecule has 5 heteroatoms. The molecule has 4 nitrogen and oxygen atoms in total. The Morgan fingerprint density at radius 1 is 1.44 bits per heavy atom. The van der Waals surface area contributed by atoms with Crippen molar-refractivity contribution >= 4 is 11.3 Å². The molecule has 0 spiro atoms. The molecular formula is C13H20N4S. The SMILES string of the molecule is CCNC(CCc1cnn(C)c1)c1cnc(C)s1. The lowest BCUT2D eigenvalue weighted by Crippen LogP contribution is -2.20. The Bertz CT molecular complexity index is 489. The van der Waals surface area contributed by atoms with Crippen LogP contribution in [0.3, 0.4) is 0 Å². The van der Waals surface area contributed by atoms with Crippen molar-refractivity contribution in [3.8, 4) is 0 Å². The molecule has 2 heterocycles. The van der Waals surface area contributed by atoms with Crippen molar-refractivity contribution < 1.29 is 0 Å². The van der Waals surface area contributed by atoms with Crippen LogP contribution in [-0.4, -0.2) is 21.3 Å². The number of hydrogen-bond acceptors (Lipinski definition) is 4. The lowest BCUT2D eigenvalue weighted by Gasteiger charge is -2.15. The zero-order valence-corrected chi connectivity index (χ0v) is 12.0. The van der Waals surface area contributed by atoms with E-state index >= 15 is 0 Å². The molecule has 1 N–H and O–H groups in total. The first-order valence-corrected chi connectivity index (χ1v) is 7.14. The van der Waals surface area contributed by atoms with Gasteiger partial charge in [0.25, 0.3) is 0 Å². The predicted octanol–water partition coefficient (Wildman–Crippen LogP) is 2.47. The smallest absolute Gasteiger partial charge is 0.0897 e. The molecule has 0 amide bonds. The lowest BCUT2D eigenvalue weighted by molar-refractivity contribution is 0.522. The Kier molecular flexibility index (Phi) is 4.49. The summed E-state index contributed by atoms with van der Waals surface area (Å²) >= 11 is 1.78. The molecule has 0 radical (unpaired) electrons. The summed E-state index contributed by atoms with van der Waals surface area (Å²) in [6, 6.07) is 0.404. The molecule has 98 valence electrons. The Morgan fingerprint density at radius 3 is 2.83 bits per heavy atom. The van der Waals surface area contributed by atoms with E-state index in [0.29, 0.717) is 6.04 Å². The normalized spacial score (nSPS) is 12.8. The molecule has 2 rings (SSSR count). The van der Waals surface area contributed by atoms with Gasteiger partial charge < -0.3 is 5.32 Å². The zero-order chi connectivity index (χ0) is 13.0. The first-order valence-electron chi connectivity index (χ1n) is 6.32. The van der Waals surface area contributed by atoms with Crippen LogP contribution in [0.15, 0.2) is 18.6 Å². The topological polar surface area (TPSA) is 42.7 Å². The Morgan fingerprint density at radius 2 is 2.28 bits per heavy atom. The summed E-state index contributed by atoms with van der Waals surface area (Å²) in [5.41, 5.74) is 1.29. The van der Waals surface area contributed by atoms with Crippen LogP contribution in [0.1, 0.15) is 34.8 Å². The summed E-state index contributed by atoms with van der Waals surface area (Å²) in [6.45, 7) is 5.18. The zero-order valence-electron chi connectivity index (χ0n) is 11.2. The van der Waals surface area contributed by atoms with Crippen molar-refractivity contribution in [2.45, 2.75) is 32.7 Å². The van der Waals surface area contributed by atoms with E-state index < -0.39 is 0 Å². The van der Waals surface area contributed by atoms with Gasteiger partial charge in [0.15, 0.2) is 0 Å². The fourth-order valence-electron chi connectivity index (χ4n) is 2.04. The van der Waals surface area contributed by atoms with Crippen LogP contribution >= 0.6 is 11.3 Å². The number of nitrogens with zero attached hydrogens (tertiary/aromatic N) is 3. The lowest BCUT2D eigenvalue weighted by atomic mass is 10.1. The molecule has 2 aromatic heterocycles. The summed E-state index contributed by atoms with van der Waals surface area (Å²) in [4.78, 5) is 5.67. The van der Waals surface area contributed by atoms with Crippen molar-refractivity contribution in [3.63, 3.8) is 0 Å². The maximum absolute atomic E-state index is 4.34. The first-order chi connectivity index (χ1) is 8.69. The third-order valence-corrected chi connectivity index (χ3v) is 3.94. The molecule has 1 atom stereocenters. The standard InChI is InChI=1S/C13H20N4S/c1-4-14-12(13-8-15-10(2)18-13)6-5-11-7-16-17(3)9-11/h7-9,12,14H,4-6H2,1-3H3. The first kappa shape index (κ1) is 13.2. The van der Waals surface area contributed by atoms with Crippen LogP contribution < -0.4 is 5.32 Å². The second kappa shape index (κ2) is 6.11. The third-order valence-electron chi connectivity index (χ3n) is 2.91. The van der Waals surface area contributed by atoms with E-state index in [-0.39, 0.29) is 0 Å². The molecule has 0 saturated heterocycles. The summed E-state index contributed by atoms with van der Waals surface area (Å²) < 4.78 is 1.86. The molecule has 0 fully saturated rings. The van der Waals surface area contributed by atoms with Crippen LogP contribution in [0.5, 0.6) is 0 Å². The number of thiazole rings is 1. The predicted molar refractivity (Wildman–Crippen MR) is 74.8 cm³/mol. The summed E-state index contributed by atoms with van der Waals surface area (Å²) in [5.74, 6) is 0. The Balaban J connectivity index is 1.98. The molecule has 0 bridgehead atoms. The average molecular weight is 264 g/mol. The molecule has 0 aliphatic heterocycles. The van der Waals surface area contributed by atoms with E-state index in [2.05, 4.69) is 35.4 Å². The van der Waals surface area contributed by atoms with Gasteiger partial charge >= 0.3 is 0 Å². The molecule has 2 aromatic rings. The quantitative estimate of drug-likeness (QED) is 0.871. The molecule has 0 aromatic carbocycles. The van der Waals surface area contributed by atoms with Crippen molar-refractivity contribution in [1.82, 2.24) is 20.1 Å². The van der Waals surface area contributed by atoms with E-state index in [1.54, 1.807) is 11.3 Å². The second-order valence-corrected chi connectivity index (χ2v) is 5.72. The second-order valence-electron chi connectivity index (χ2n) is 4.45. The van der Waals surface area contributed by atoms with Gasteiger partial charge in [-0.15, -0.1) is 11.3 Å². The van der Waals surface area contributed by atoms with E-state index in [9.17, 15) is 0 Å². The maximum Gasteiger partial charge on any atom is 0.0897 e. The van der Waals surface area contributed by atoms with Crippen molar-refractivity contribution in [2.24, 2.45) is 7.05 Å². The van der Waals surface area contributed by atoms with Gasteiger partial charge in [-0.1, -0.05) is 6.92 Å². The molecule has 18 heavy (non-hydrogen) atoms. The Labute approximate surface area is 112 Å². The summed E-state index contributed by atoms with van der Waals surface area (Å²) in [6.07, 6.45) is 8.15. The van der Waals surface area contributed by atoms with E-state index in [1.807, 2.05) is 24.1 Å². The van der Waals surface area contributed by atoms with Gasteiger partial charge in [-0.25, -0.2) is 4.98 Å². The minimum atomic E-state index is 0.404. The number of aromatic nitrogens is 3. The van der Waals surface area contributed by atoms with Crippen molar-refractivity contribution in [1.29, 1.82) is 0 Å². The third kappa shape index (κ3) is 3.40. The highest BCUT2D eigenvalue weighted by Crippen LogP contribution is 2.24. The monoisotopic (exact) mass is 264 g/mol. The molecule has 0 aliphatic carbocycles. The fourth-order valence-corrected chi connectivity index (χ4v) is 2.94. The van der Waals surface area contributed by atoms with Crippen LogP contribution in [0.4, 0.5) is 0 Å². The molecular weight excluding hydrogens is 244 g/mol. The van der Waals surface area contributed by atoms with Gasteiger partial charge in [0, 0.05) is 30.4 Å². The van der Waals surface area contributed by atoms with Crippen LogP contribution in [-0.2, 0) is 13.5 Å². The molecule has 0 saturated carbocycles. The number of hydrogen-bond donors (Lipinski definition) is 1. The van der Waals surface area contributed by atoms with Crippen LogP contribution in [0.2, 0.25) is 0 Å². The van der Waals surface area contributed by atoms with Crippen LogP contribution in [0, 0.1) is 6.92 Å². The van der Waals surface area contributed by atoms with Gasteiger partial charge in [-0.05, 0) is 31.9 Å². The highest BCUT2D eigenvalue weighted by Gasteiger charge is 2.13. The highest BCUT2D eigenvalue weighted by molar-refractivity contribution is 7.11. The van der Waals surface area contributed by atoms with Gasteiger partial charge in [0.05, 0.1) is 11.2 Å². The number of aryl methyl sites for hydroxylation is 3. The van der Waals surface area contributed by atoms with Crippen molar-refractivity contribution in [2.75, 3.05) is 6.54 Å². The average Bonchev–Trinajstić information content (AvgIpc) is 2.94. The van der Waals surface area contributed by atoms with Gasteiger partial charge in [-0.2, -0.15) is 5.10 Å². The highest BCUT2D eigenvalue weighted by atomic mass is 32.1. The maximum atomic E-state index is 4.34. The number of rotatable bonds is 6. The van der Waals surface area contributed by atoms with Crippen LogP contribution in [0.25, 0.3) is 0 Å². The van der Waals surface area contributed by atoms with E-state index in [0.717, 1.165) is 24.4 Å². The van der Waals surface area contributed by atoms with Crippen molar-refractivity contribution in [3.05, 3.63) is 34.0 Å². The minimum absolute atomic E-state index is 0.404. The largest absolute Gasteiger partial charge is 0.309 e. The fraction of sp³-hybridized carbons (Fsp3) is 0.538. The molecule has 0 aliphatic rings. The minimum Gasteiger partial charge on any atom is -0.309 e. The van der Waals surface area contributed by atoms with Gasteiger partial charge in [0.2, 0.25) is 0 Å².